The number of carboxylic acid groups (broad SMARTS) is 1. The van der Waals surface area contributed by atoms with Crippen molar-refractivity contribution in [2.45, 2.75) is 6.92 Å². The summed E-state index contributed by atoms with van der Waals surface area (Å²) in [5, 5.41) is 13.5. The van der Waals surface area contributed by atoms with Gasteiger partial charge in [-0.05, 0) is 25.1 Å². The number of rotatable bonds is 5. The summed E-state index contributed by atoms with van der Waals surface area (Å²) in [5.41, 5.74) is 0.241. The van der Waals surface area contributed by atoms with E-state index in [9.17, 15) is 14.4 Å². The van der Waals surface area contributed by atoms with Crippen LogP contribution in [0.25, 0.3) is 0 Å². The normalized spacial score (nSPS) is 9.70. The number of nitrogens with one attached hydrogen (secondary N) is 2. The lowest BCUT2D eigenvalue weighted by Gasteiger charge is -2.09. The zero-order valence-corrected chi connectivity index (χ0v) is 11.4. The summed E-state index contributed by atoms with van der Waals surface area (Å²) in [4.78, 5) is 33.2. The smallest absolute Gasteiger partial charge is 0.335 e. The van der Waals surface area contributed by atoms with E-state index in [0.717, 1.165) is 0 Å². The van der Waals surface area contributed by atoms with Gasteiger partial charge in [0.25, 0.3) is 0 Å². The quantitative estimate of drug-likeness (QED) is 0.718. The molecule has 2 amide bonds. The molecular formula is C12H13ClN2O5. The Morgan fingerprint density at radius 1 is 1.35 bits per heavy atom. The highest BCUT2D eigenvalue weighted by atomic mass is 35.5. The van der Waals surface area contributed by atoms with Crippen LogP contribution in [0.5, 0.6) is 0 Å². The second-order valence-electron chi connectivity index (χ2n) is 3.61. The van der Waals surface area contributed by atoms with Crippen molar-refractivity contribution in [2.75, 3.05) is 18.5 Å². The highest BCUT2D eigenvalue weighted by molar-refractivity contribution is 6.34. The van der Waals surface area contributed by atoms with Crippen molar-refractivity contribution >= 4 is 35.3 Å². The van der Waals surface area contributed by atoms with Crippen LogP contribution in [0.1, 0.15) is 17.3 Å². The number of benzene rings is 1. The minimum absolute atomic E-state index is 0.00693. The minimum atomic E-state index is -1.12. The number of carbonyl (C=O) groups excluding carboxylic acids is 2. The average molecular weight is 301 g/mol. The van der Waals surface area contributed by atoms with Gasteiger partial charge in [0, 0.05) is 0 Å². The molecule has 108 valence electrons. The molecule has 20 heavy (non-hydrogen) atoms. The van der Waals surface area contributed by atoms with Crippen molar-refractivity contribution in [3.63, 3.8) is 0 Å². The van der Waals surface area contributed by atoms with Gasteiger partial charge in [-0.1, -0.05) is 11.6 Å². The molecule has 0 aliphatic heterocycles. The van der Waals surface area contributed by atoms with E-state index in [1.54, 1.807) is 6.92 Å². The van der Waals surface area contributed by atoms with Gasteiger partial charge in [0.15, 0.2) is 0 Å². The molecule has 0 saturated carbocycles. The number of hydrogen-bond acceptors (Lipinski definition) is 4. The number of halogens is 1. The van der Waals surface area contributed by atoms with Crippen LogP contribution < -0.4 is 10.6 Å². The summed E-state index contributed by atoms with van der Waals surface area (Å²) in [5.74, 6) is -1.68. The molecule has 0 saturated heterocycles. The van der Waals surface area contributed by atoms with E-state index >= 15 is 0 Å². The second-order valence-corrected chi connectivity index (χ2v) is 4.02. The third-order valence-corrected chi connectivity index (χ3v) is 2.48. The van der Waals surface area contributed by atoms with Crippen molar-refractivity contribution in [2.24, 2.45) is 0 Å². The van der Waals surface area contributed by atoms with E-state index < -0.39 is 18.0 Å². The highest BCUT2D eigenvalue weighted by Crippen LogP contribution is 2.22. The third kappa shape index (κ3) is 4.77. The van der Waals surface area contributed by atoms with Gasteiger partial charge in [0.2, 0.25) is 0 Å². The zero-order chi connectivity index (χ0) is 15.1. The van der Waals surface area contributed by atoms with Crippen LogP contribution in [-0.2, 0) is 9.53 Å². The Morgan fingerprint density at radius 2 is 2.05 bits per heavy atom. The number of ether oxygens (including phenoxy) is 1. The van der Waals surface area contributed by atoms with Crippen molar-refractivity contribution in [1.29, 1.82) is 0 Å². The lowest BCUT2D eigenvalue weighted by atomic mass is 10.2. The Kier molecular flexibility index (Phi) is 5.79. The maximum absolute atomic E-state index is 11.5. The molecule has 7 nitrogen and oxygen atoms in total. The molecule has 1 aromatic carbocycles. The Bertz CT molecular complexity index is 533. The van der Waals surface area contributed by atoms with Gasteiger partial charge >= 0.3 is 18.0 Å². The lowest BCUT2D eigenvalue weighted by molar-refractivity contribution is -0.141. The predicted octanol–water partition coefficient (Wildman–Crippen LogP) is 1.72. The standard InChI is InChI=1S/C12H13ClN2O5/c1-2-20-10(16)6-14-12(19)15-9-4-3-7(11(17)18)5-8(9)13/h3-5H,2,6H2,1H3,(H,17,18)(H2,14,15,19). The SMILES string of the molecule is CCOC(=O)CNC(=O)Nc1ccc(C(=O)O)cc1Cl. The van der Waals surface area contributed by atoms with Gasteiger partial charge in [-0.15, -0.1) is 0 Å². The molecule has 0 aromatic heterocycles. The van der Waals surface area contributed by atoms with Gasteiger partial charge in [-0.25, -0.2) is 9.59 Å². The minimum Gasteiger partial charge on any atom is -0.478 e. The number of esters is 1. The van der Waals surface area contributed by atoms with Gasteiger partial charge in [0.1, 0.15) is 6.54 Å². The first kappa shape index (κ1) is 15.8. The molecule has 0 aliphatic carbocycles. The molecule has 0 radical (unpaired) electrons. The summed E-state index contributed by atoms with van der Waals surface area (Å²) in [6, 6.07) is 3.22. The predicted molar refractivity (Wildman–Crippen MR) is 72.1 cm³/mol. The van der Waals surface area contributed by atoms with Crippen LogP contribution >= 0.6 is 11.6 Å². The van der Waals surface area contributed by atoms with Crippen LogP contribution in [0, 0.1) is 0 Å². The van der Waals surface area contributed by atoms with Crippen molar-refractivity contribution in [3.05, 3.63) is 28.8 Å². The molecule has 8 heteroatoms. The topological polar surface area (TPSA) is 105 Å². The average Bonchev–Trinajstić information content (AvgIpc) is 2.39. The first-order valence-electron chi connectivity index (χ1n) is 5.67. The van der Waals surface area contributed by atoms with E-state index in [2.05, 4.69) is 15.4 Å². The Balaban J connectivity index is 2.58. The summed E-state index contributed by atoms with van der Waals surface area (Å²) < 4.78 is 4.64. The van der Waals surface area contributed by atoms with Crippen LogP contribution in [0.15, 0.2) is 18.2 Å². The molecule has 0 aliphatic rings. The fourth-order valence-corrected chi connectivity index (χ4v) is 1.51. The van der Waals surface area contributed by atoms with Gasteiger partial charge < -0.3 is 20.5 Å². The molecular weight excluding hydrogens is 288 g/mol. The van der Waals surface area contributed by atoms with Crippen LogP contribution in [-0.4, -0.2) is 36.2 Å². The Morgan fingerprint density at radius 3 is 2.60 bits per heavy atom. The van der Waals surface area contributed by atoms with Crippen molar-refractivity contribution in [1.82, 2.24) is 5.32 Å². The molecule has 1 aromatic rings. The first-order valence-corrected chi connectivity index (χ1v) is 6.05. The number of aromatic carboxylic acids is 1. The van der Waals surface area contributed by atoms with Crippen molar-refractivity contribution in [3.8, 4) is 0 Å². The third-order valence-electron chi connectivity index (χ3n) is 2.16. The molecule has 0 unspecified atom stereocenters. The van der Waals surface area contributed by atoms with E-state index in [1.165, 1.54) is 18.2 Å². The number of anilines is 1. The maximum atomic E-state index is 11.5. The van der Waals surface area contributed by atoms with E-state index in [-0.39, 0.29) is 29.4 Å². The largest absolute Gasteiger partial charge is 0.478 e. The first-order chi connectivity index (χ1) is 9.43. The van der Waals surface area contributed by atoms with Crippen molar-refractivity contribution < 1.29 is 24.2 Å². The molecule has 3 N–H and O–H groups in total. The highest BCUT2D eigenvalue weighted by Gasteiger charge is 2.10. The van der Waals surface area contributed by atoms with Gasteiger partial charge in [-0.3, -0.25) is 4.79 Å². The number of urea groups is 1. The van der Waals surface area contributed by atoms with Gasteiger partial charge in [-0.2, -0.15) is 0 Å². The van der Waals surface area contributed by atoms with E-state index in [0.29, 0.717) is 0 Å². The molecule has 1 rings (SSSR count). The number of amides is 2. The van der Waals surface area contributed by atoms with Gasteiger partial charge in [0.05, 0.1) is 22.9 Å². The molecule has 0 heterocycles. The summed E-state index contributed by atoms with van der Waals surface area (Å²) >= 11 is 5.83. The molecule has 0 fully saturated rings. The maximum Gasteiger partial charge on any atom is 0.335 e. The monoisotopic (exact) mass is 300 g/mol. The van der Waals surface area contributed by atoms with E-state index in [4.69, 9.17) is 16.7 Å². The second kappa shape index (κ2) is 7.34. The number of carbonyl (C=O) groups is 3. The van der Waals surface area contributed by atoms with Crippen LogP contribution in [0.3, 0.4) is 0 Å². The van der Waals surface area contributed by atoms with Crippen LogP contribution in [0.2, 0.25) is 5.02 Å². The van der Waals surface area contributed by atoms with Crippen LogP contribution in [0.4, 0.5) is 10.5 Å². The molecule has 0 atom stereocenters. The number of carboxylic acids is 1. The molecule has 0 spiro atoms. The molecule has 0 bridgehead atoms. The summed E-state index contributed by atoms with van der Waals surface area (Å²) in [6.07, 6.45) is 0. The lowest BCUT2D eigenvalue weighted by Crippen LogP contribution is -2.34. The summed E-state index contributed by atoms with van der Waals surface area (Å²) in [6.45, 7) is 1.61. The Hall–Kier alpha value is -2.28. The Labute approximate surface area is 119 Å². The fourth-order valence-electron chi connectivity index (χ4n) is 1.28. The number of hydrogen-bond donors (Lipinski definition) is 3. The van der Waals surface area contributed by atoms with E-state index in [1.807, 2.05) is 0 Å². The summed E-state index contributed by atoms with van der Waals surface area (Å²) in [7, 11) is 0. The zero-order valence-electron chi connectivity index (χ0n) is 10.6. The fraction of sp³-hybridized carbons (Fsp3) is 0.250.